The quantitative estimate of drug-likeness (QED) is 0.372. The van der Waals surface area contributed by atoms with E-state index in [0.29, 0.717) is 25.5 Å². The molecule has 2 aliphatic rings. The molecule has 0 spiro atoms. The van der Waals surface area contributed by atoms with E-state index in [4.69, 9.17) is 10.5 Å². The first kappa shape index (κ1) is 16.5. The summed E-state index contributed by atoms with van der Waals surface area (Å²) in [5.74, 6) is 0.563. The third-order valence-corrected chi connectivity index (χ3v) is 3.34. The molecule has 0 aliphatic carbocycles. The molecule has 4 N–H and O–H groups in total. The summed E-state index contributed by atoms with van der Waals surface area (Å²) in [6.45, 7) is 2.10. The van der Waals surface area contributed by atoms with E-state index >= 15 is 0 Å². The number of nitrogens with two attached hydrogens (primary N) is 1. The van der Waals surface area contributed by atoms with Crippen LogP contribution in [0, 0.1) is 0 Å². The predicted molar refractivity (Wildman–Crippen MR) is 84.7 cm³/mol. The summed E-state index contributed by atoms with van der Waals surface area (Å²) in [5, 5.41) is 5.99. The van der Waals surface area contributed by atoms with Crippen LogP contribution in [0.4, 0.5) is 0 Å². The second-order valence-corrected chi connectivity index (χ2v) is 4.90. The Balaban J connectivity index is 0.00000180. The molecule has 2 aliphatic heterocycles. The van der Waals surface area contributed by atoms with Gasteiger partial charge in [0.2, 0.25) is 5.91 Å². The van der Waals surface area contributed by atoms with Gasteiger partial charge in [0, 0.05) is 25.6 Å². The average molecular weight is 382 g/mol. The number of carbonyl (C=O) groups excluding carboxylic acids is 1. The number of hydrogen-bond donors (Lipinski definition) is 3. The summed E-state index contributed by atoms with van der Waals surface area (Å²) in [4.78, 5) is 15.5. The van der Waals surface area contributed by atoms with Gasteiger partial charge in [-0.15, -0.1) is 24.0 Å². The lowest BCUT2D eigenvalue weighted by Gasteiger charge is -2.23. The lowest BCUT2D eigenvalue weighted by Crippen LogP contribution is -2.47. The highest BCUT2D eigenvalue weighted by Crippen LogP contribution is 2.11. The van der Waals surface area contributed by atoms with Gasteiger partial charge in [0.05, 0.1) is 12.6 Å². The number of ether oxygens (including phenoxy) is 1. The van der Waals surface area contributed by atoms with Crippen LogP contribution in [0.2, 0.25) is 0 Å². The van der Waals surface area contributed by atoms with Gasteiger partial charge in [0.15, 0.2) is 5.96 Å². The molecule has 0 aromatic rings. The highest BCUT2D eigenvalue weighted by atomic mass is 127. The second kappa shape index (κ2) is 8.57. The standard InChI is InChI=1S/C12H22N4O2.HI/c13-12(15-8-10-4-2-6-18-10)14-7-9-3-1-5-11(17)16-9;/h9-10H,1-8H2,(H,16,17)(H3,13,14,15);1H. The van der Waals surface area contributed by atoms with Crippen molar-refractivity contribution in [1.82, 2.24) is 10.6 Å². The van der Waals surface area contributed by atoms with Crippen molar-refractivity contribution in [2.45, 2.75) is 44.2 Å². The zero-order valence-electron chi connectivity index (χ0n) is 11.1. The number of rotatable bonds is 4. The number of hydrogen-bond acceptors (Lipinski definition) is 3. The molecule has 2 unspecified atom stereocenters. The van der Waals surface area contributed by atoms with Crippen LogP contribution < -0.4 is 16.4 Å². The molecule has 2 atom stereocenters. The van der Waals surface area contributed by atoms with E-state index in [2.05, 4.69) is 15.6 Å². The van der Waals surface area contributed by atoms with Crippen molar-refractivity contribution in [2.75, 3.05) is 19.7 Å². The normalized spacial score (nSPS) is 27.6. The maximum absolute atomic E-state index is 11.2. The minimum absolute atomic E-state index is 0. The minimum atomic E-state index is 0. The minimum Gasteiger partial charge on any atom is -0.376 e. The first-order valence-corrected chi connectivity index (χ1v) is 6.69. The van der Waals surface area contributed by atoms with Crippen molar-refractivity contribution < 1.29 is 9.53 Å². The number of carbonyl (C=O) groups is 1. The third-order valence-electron chi connectivity index (χ3n) is 3.34. The van der Waals surface area contributed by atoms with Gasteiger partial charge in [-0.2, -0.15) is 0 Å². The van der Waals surface area contributed by atoms with E-state index in [1.54, 1.807) is 0 Å². The molecule has 2 saturated heterocycles. The molecule has 1 amide bonds. The smallest absolute Gasteiger partial charge is 0.220 e. The lowest BCUT2D eigenvalue weighted by molar-refractivity contribution is -0.123. The molecular formula is C12H23IN4O2. The molecular weight excluding hydrogens is 359 g/mol. The fraction of sp³-hybridized carbons (Fsp3) is 0.833. The molecule has 0 aromatic carbocycles. The summed E-state index contributed by atoms with van der Waals surface area (Å²) in [5.41, 5.74) is 5.77. The molecule has 2 fully saturated rings. The Kier molecular flexibility index (Phi) is 7.44. The Morgan fingerprint density at radius 2 is 2.32 bits per heavy atom. The highest BCUT2D eigenvalue weighted by molar-refractivity contribution is 14.0. The van der Waals surface area contributed by atoms with Gasteiger partial charge >= 0.3 is 0 Å². The van der Waals surface area contributed by atoms with Gasteiger partial charge in [0.25, 0.3) is 0 Å². The monoisotopic (exact) mass is 382 g/mol. The number of guanidine groups is 1. The maximum Gasteiger partial charge on any atom is 0.220 e. The van der Waals surface area contributed by atoms with Crippen molar-refractivity contribution in [2.24, 2.45) is 10.7 Å². The molecule has 6 nitrogen and oxygen atoms in total. The Morgan fingerprint density at radius 3 is 3.00 bits per heavy atom. The summed E-state index contributed by atoms with van der Waals surface area (Å²) < 4.78 is 5.46. The zero-order chi connectivity index (χ0) is 12.8. The molecule has 110 valence electrons. The van der Waals surface area contributed by atoms with Gasteiger partial charge in [-0.05, 0) is 25.7 Å². The van der Waals surface area contributed by atoms with Gasteiger partial charge in [-0.3, -0.25) is 9.79 Å². The molecule has 0 radical (unpaired) electrons. The molecule has 2 heterocycles. The van der Waals surface area contributed by atoms with Crippen molar-refractivity contribution >= 4 is 35.8 Å². The molecule has 0 aromatic heterocycles. The Morgan fingerprint density at radius 1 is 1.47 bits per heavy atom. The van der Waals surface area contributed by atoms with Crippen LogP contribution in [0.15, 0.2) is 4.99 Å². The van der Waals surface area contributed by atoms with Gasteiger partial charge in [-0.25, -0.2) is 0 Å². The molecule has 19 heavy (non-hydrogen) atoms. The fourth-order valence-corrected chi connectivity index (χ4v) is 2.31. The summed E-state index contributed by atoms with van der Waals surface area (Å²) in [6.07, 6.45) is 4.98. The Labute approximate surface area is 130 Å². The van der Waals surface area contributed by atoms with Crippen LogP contribution in [0.3, 0.4) is 0 Å². The lowest BCUT2D eigenvalue weighted by atomic mass is 10.0. The van der Waals surface area contributed by atoms with Gasteiger partial charge < -0.3 is 21.1 Å². The molecule has 2 rings (SSSR count). The number of piperidine rings is 1. The van der Waals surface area contributed by atoms with E-state index < -0.39 is 0 Å². The van der Waals surface area contributed by atoms with E-state index in [1.807, 2.05) is 0 Å². The summed E-state index contributed by atoms with van der Waals surface area (Å²) >= 11 is 0. The van der Waals surface area contributed by atoms with Crippen molar-refractivity contribution in [3.05, 3.63) is 0 Å². The maximum atomic E-state index is 11.2. The first-order valence-electron chi connectivity index (χ1n) is 6.69. The van der Waals surface area contributed by atoms with Crippen LogP contribution in [0.1, 0.15) is 32.1 Å². The number of halogens is 1. The van der Waals surface area contributed by atoms with E-state index in [0.717, 1.165) is 32.3 Å². The first-order chi connectivity index (χ1) is 8.74. The van der Waals surface area contributed by atoms with Gasteiger partial charge in [-0.1, -0.05) is 0 Å². The SMILES string of the molecule is I.NC(=NCC1CCCO1)NCC1CCCC(=O)N1. The van der Waals surface area contributed by atoms with Crippen molar-refractivity contribution in [3.8, 4) is 0 Å². The number of nitrogens with zero attached hydrogens (tertiary/aromatic N) is 1. The Bertz CT molecular complexity index is 319. The zero-order valence-corrected chi connectivity index (χ0v) is 13.4. The van der Waals surface area contributed by atoms with Crippen molar-refractivity contribution in [3.63, 3.8) is 0 Å². The topological polar surface area (TPSA) is 88.7 Å². The molecule has 0 saturated carbocycles. The summed E-state index contributed by atoms with van der Waals surface area (Å²) in [7, 11) is 0. The largest absolute Gasteiger partial charge is 0.376 e. The van der Waals surface area contributed by atoms with Crippen LogP contribution in [0.5, 0.6) is 0 Å². The van der Waals surface area contributed by atoms with Crippen LogP contribution in [-0.4, -0.2) is 43.7 Å². The fourth-order valence-electron chi connectivity index (χ4n) is 2.31. The number of amides is 1. The second-order valence-electron chi connectivity index (χ2n) is 4.90. The molecule has 7 heteroatoms. The van der Waals surface area contributed by atoms with Crippen LogP contribution in [0.25, 0.3) is 0 Å². The van der Waals surface area contributed by atoms with E-state index in [9.17, 15) is 4.79 Å². The van der Waals surface area contributed by atoms with Crippen molar-refractivity contribution in [1.29, 1.82) is 0 Å². The van der Waals surface area contributed by atoms with E-state index in [-0.39, 0.29) is 42.0 Å². The average Bonchev–Trinajstić information content (AvgIpc) is 2.87. The molecule has 0 bridgehead atoms. The van der Waals surface area contributed by atoms with Crippen LogP contribution >= 0.6 is 24.0 Å². The Hall–Kier alpha value is -0.570. The number of nitrogens with one attached hydrogen (secondary N) is 2. The van der Waals surface area contributed by atoms with E-state index in [1.165, 1.54) is 0 Å². The predicted octanol–water partition coefficient (Wildman–Crippen LogP) is 0.356. The van der Waals surface area contributed by atoms with Crippen LogP contribution in [-0.2, 0) is 9.53 Å². The summed E-state index contributed by atoms with van der Waals surface area (Å²) in [6, 6.07) is 0.169. The number of aliphatic imine (C=N–C) groups is 1. The highest BCUT2D eigenvalue weighted by Gasteiger charge is 2.18. The van der Waals surface area contributed by atoms with Gasteiger partial charge in [0.1, 0.15) is 0 Å². The third kappa shape index (κ3) is 5.94.